The highest BCUT2D eigenvalue weighted by Gasteiger charge is 2.24. The van der Waals surface area contributed by atoms with Crippen LogP contribution in [0.3, 0.4) is 0 Å². The number of rotatable bonds is 7. The lowest BCUT2D eigenvalue weighted by Gasteiger charge is -2.21. The second kappa shape index (κ2) is 8.65. The summed E-state index contributed by atoms with van der Waals surface area (Å²) < 4.78 is 10.6. The van der Waals surface area contributed by atoms with Crippen LogP contribution in [0.4, 0.5) is 17.1 Å². The Hall–Kier alpha value is -3.22. The molecule has 0 bridgehead atoms. The summed E-state index contributed by atoms with van der Waals surface area (Å²) in [7, 11) is 3.15. The molecule has 2 N–H and O–H groups in total. The van der Waals surface area contributed by atoms with E-state index in [1.54, 1.807) is 44.2 Å². The topological polar surface area (TPSA) is 79.9 Å². The van der Waals surface area contributed by atoms with Gasteiger partial charge in [-0.1, -0.05) is 6.07 Å². The van der Waals surface area contributed by atoms with Crippen LogP contribution in [0.5, 0.6) is 11.5 Å². The van der Waals surface area contributed by atoms with Crippen molar-refractivity contribution < 1.29 is 19.1 Å². The lowest BCUT2D eigenvalue weighted by Crippen LogP contribution is -2.32. The molecule has 1 saturated heterocycles. The number of anilines is 3. The van der Waals surface area contributed by atoms with E-state index >= 15 is 0 Å². The van der Waals surface area contributed by atoms with Crippen molar-refractivity contribution in [3.05, 3.63) is 42.5 Å². The monoisotopic (exact) mass is 383 g/mol. The summed E-state index contributed by atoms with van der Waals surface area (Å²) in [4.78, 5) is 26.2. The number of carbonyl (C=O) groups excluding carboxylic acids is 2. The number of methoxy groups -OCH3 is 2. The average molecular weight is 383 g/mol. The van der Waals surface area contributed by atoms with Crippen molar-refractivity contribution in [2.75, 3.05) is 36.3 Å². The minimum atomic E-state index is -0.477. The molecule has 1 unspecified atom stereocenters. The fourth-order valence-corrected chi connectivity index (χ4v) is 3.16. The molecule has 0 aromatic heterocycles. The molecule has 2 aromatic carbocycles. The van der Waals surface area contributed by atoms with Crippen LogP contribution in [0.2, 0.25) is 0 Å². The Kier molecular flexibility index (Phi) is 6.03. The molecule has 2 amide bonds. The Morgan fingerprint density at radius 2 is 1.93 bits per heavy atom. The summed E-state index contributed by atoms with van der Waals surface area (Å²) in [6, 6.07) is 12.2. The van der Waals surface area contributed by atoms with Crippen molar-refractivity contribution in [1.29, 1.82) is 0 Å². The SMILES string of the molecule is COc1cccc(NC(=O)C(C)Nc2ccc(N3CCCC3=O)c(OC)c2)c1. The maximum absolute atomic E-state index is 12.5. The van der Waals surface area contributed by atoms with Crippen molar-refractivity contribution in [3.8, 4) is 11.5 Å². The molecule has 1 heterocycles. The summed E-state index contributed by atoms with van der Waals surface area (Å²) in [5.74, 6) is 1.20. The smallest absolute Gasteiger partial charge is 0.246 e. The van der Waals surface area contributed by atoms with Crippen LogP contribution in [0, 0.1) is 0 Å². The van der Waals surface area contributed by atoms with Crippen molar-refractivity contribution in [2.24, 2.45) is 0 Å². The van der Waals surface area contributed by atoms with E-state index in [2.05, 4.69) is 10.6 Å². The number of hydrogen-bond acceptors (Lipinski definition) is 5. The zero-order valence-corrected chi connectivity index (χ0v) is 16.3. The van der Waals surface area contributed by atoms with Crippen LogP contribution in [-0.2, 0) is 9.59 Å². The quantitative estimate of drug-likeness (QED) is 0.767. The molecule has 1 fully saturated rings. The second-order valence-corrected chi connectivity index (χ2v) is 6.62. The number of nitrogens with one attached hydrogen (secondary N) is 2. The molecule has 3 rings (SSSR count). The fraction of sp³-hybridized carbons (Fsp3) is 0.333. The van der Waals surface area contributed by atoms with Crippen molar-refractivity contribution in [3.63, 3.8) is 0 Å². The van der Waals surface area contributed by atoms with E-state index in [1.165, 1.54) is 0 Å². The minimum Gasteiger partial charge on any atom is -0.497 e. The normalized spacial score (nSPS) is 14.5. The highest BCUT2D eigenvalue weighted by atomic mass is 16.5. The summed E-state index contributed by atoms with van der Waals surface area (Å²) in [5, 5.41) is 6.03. The minimum absolute atomic E-state index is 0.102. The molecule has 1 atom stereocenters. The predicted octanol–water partition coefficient (Wildman–Crippen LogP) is 3.27. The van der Waals surface area contributed by atoms with Crippen LogP contribution < -0.4 is 25.0 Å². The standard InChI is InChI=1S/C21H25N3O4/c1-14(21(26)23-15-6-4-7-17(12-15)27-2)22-16-9-10-18(19(13-16)28-3)24-11-5-8-20(24)25/h4,6-7,9-10,12-14,22H,5,8,11H2,1-3H3,(H,23,26). The van der Waals surface area contributed by atoms with Gasteiger partial charge in [-0.15, -0.1) is 0 Å². The third-order valence-electron chi connectivity index (χ3n) is 4.66. The predicted molar refractivity (Wildman–Crippen MR) is 109 cm³/mol. The second-order valence-electron chi connectivity index (χ2n) is 6.62. The van der Waals surface area contributed by atoms with Gasteiger partial charge in [-0.2, -0.15) is 0 Å². The van der Waals surface area contributed by atoms with Gasteiger partial charge in [0, 0.05) is 36.5 Å². The molecule has 28 heavy (non-hydrogen) atoms. The molecule has 7 nitrogen and oxygen atoms in total. The van der Waals surface area contributed by atoms with Gasteiger partial charge in [0.05, 0.1) is 19.9 Å². The summed E-state index contributed by atoms with van der Waals surface area (Å²) >= 11 is 0. The number of carbonyl (C=O) groups is 2. The zero-order valence-electron chi connectivity index (χ0n) is 16.3. The van der Waals surface area contributed by atoms with E-state index < -0.39 is 6.04 Å². The third kappa shape index (κ3) is 4.36. The highest BCUT2D eigenvalue weighted by Crippen LogP contribution is 2.34. The van der Waals surface area contributed by atoms with E-state index in [0.29, 0.717) is 30.2 Å². The Bertz CT molecular complexity index is 868. The summed E-state index contributed by atoms with van der Waals surface area (Å²) in [6.07, 6.45) is 1.41. The van der Waals surface area contributed by atoms with Crippen LogP contribution in [0.15, 0.2) is 42.5 Å². The molecule has 1 aliphatic rings. The Balaban J connectivity index is 1.68. The van der Waals surface area contributed by atoms with Crippen molar-refractivity contribution >= 4 is 28.9 Å². The van der Waals surface area contributed by atoms with Gasteiger partial charge in [-0.3, -0.25) is 9.59 Å². The Morgan fingerprint density at radius 1 is 1.11 bits per heavy atom. The van der Waals surface area contributed by atoms with Crippen LogP contribution >= 0.6 is 0 Å². The molecule has 0 radical (unpaired) electrons. The van der Waals surface area contributed by atoms with Gasteiger partial charge in [0.2, 0.25) is 11.8 Å². The van der Waals surface area contributed by atoms with Gasteiger partial charge in [0.1, 0.15) is 17.5 Å². The van der Waals surface area contributed by atoms with E-state index in [1.807, 2.05) is 24.3 Å². The average Bonchev–Trinajstić information content (AvgIpc) is 3.13. The van der Waals surface area contributed by atoms with Crippen LogP contribution in [-0.4, -0.2) is 38.6 Å². The first-order chi connectivity index (χ1) is 13.5. The number of ether oxygens (including phenoxy) is 2. The van der Waals surface area contributed by atoms with Gasteiger partial charge in [0.15, 0.2) is 0 Å². The maximum Gasteiger partial charge on any atom is 0.246 e. The van der Waals surface area contributed by atoms with E-state index in [-0.39, 0.29) is 11.8 Å². The fourth-order valence-electron chi connectivity index (χ4n) is 3.16. The van der Waals surface area contributed by atoms with Gasteiger partial charge in [0.25, 0.3) is 0 Å². The summed E-state index contributed by atoms with van der Waals surface area (Å²) in [6.45, 7) is 2.47. The van der Waals surface area contributed by atoms with E-state index in [0.717, 1.165) is 17.8 Å². The third-order valence-corrected chi connectivity index (χ3v) is 4.66. The number of benzene rings is 2. The summed E-state index contributed by atoms with van der Waals surface area (Å²) in [5.41, 5.74) is 2.16. The van der Waals surface area contributed by atoms with Crippen LogP contribution in [0.25, 0.3) is 0 Å². The molecule has 2 aromatic rings. The first-order valence-electron chi connectivity index (χ1n) is 9.21. The first-order valence-corrected chi connectivity index (χ1v) is 9.21. The zero-order chi connectivity index (χ0) is 20.1. The molecule has 0 spiro atoms. The molecule has 148 valence electrons. The number of nitrogens with zero attached hydrogens (tertiary/aromatic N) is 1. The van der Waals surface area contributed by atoms with Gasteiger partial charge in [-0.25, -0.2) is 0 Å². The van der Waals surface area contributed by atoms with E-state index in [4.69, 9.17) is 9.47 Å². The lowest BCUT2D eigenvalue weighted by atomic mass is 10.2. The number of hydrogen-bond donors (Lipinski definition) is 2. The molecule has 0 aliphatic carbocycles. The molecule has 7 heteroatoms. The van der Waals surface area contributed by atoms with Gasteiger partial charge in [-0.05, 0) is 37.6 Å². The highest BCUT2D eigenvalue weighted by molar-refractivity contribution is 5.98. The van der Waals surface area contributed by atoms with Crippen LogP contribution in [0.1, 0.15) is 19.8 Å². The van der Waals surface area contributed by atoms with Crippen molar-refractivity contribution in [2.45, 2.75) is 25.8 Å². The largest absolute Gasteiger partial charge is 0.497 e. The van der Waals surface area contributed by atoms with E-state index in [9.17, 15) is 9.59 Å². The lowest BCUT2D eigenvalue weighted by molar-refractivity contribution is -0.117. The van der Waals surface area contributed by atoms with Gasteiger partial charge < -0.3 is 25.0 Å². The first kappa shape index (κ1) is 19.5. The molecule has 0 saturated carbocycles. The molecule has 1 aliphatic heterocycles. The van der Waals surface area contributed by atoms with Gasteiger partial charge >= 0.3 is 0 Å². The Labute approximate surface area is 164 Å². The molecular formula is C21H25N3O4. The molecular weight excluding hydrogens is 358 g/mol. The maximum atomic E-state index is 12.5. The Morgan fingerprint density at radius 3 is 2.61 bits per heavy atom. The number of amides is 2. The van der Waals surface area contributed by atoms with Crippen molar-refractivity contribution in [1.82, 2.24) is 0 Å².